The van der Waals surface area contributed by atoms with E-state index in [0.29, 0.717) is 19.7 Å². The highest BCUT2D eigenvalue weighted by molar-refractivity contribution is 5.85. The number of nitrogens with one attached hydrogen (secondary N) is 1. The van der Waals surface area contributed by atoms with Crippen molar-refractivity contribution in [2.24, 2.45) is 5.41 Å². The largest absolute Gasteiger partial charge is 0.481 e. The highest BCUT2D eigenvalue weighted by atomic mass is 35.5. The number of hydrogen-bond acceptors (Lipinski definition) is 3. The Morgan fingerprint density at radius 2 is 2.00 bits per heavy atom. The number of carbonyl (C=O) groups is 1. The minimum Gasteiger partial charge on any atom is -0.481 e. The molecule has 1 saturated heterocycles. The molecule has 2 N–H and O–H groups in total. The van der Waals surface area contributed by atoms with Crippen LogP contribution in [0, 0.1) is 5.41 Å². The lowest BCUT2D eigenvalue weighted by molar-refractivity contribution is -0.157. The zero-order valence-electron chi connectivity index (χ0n) is 9.39. The Bertz CT molecular complexity index is 365. The summed E-state index contributed by atoms with van der Waals surface area (Å²) in [5.41, 5.74) is 0.352. The number of carboxylic acid groups (broad SMARTS) is 1. The van der Waals surface area contributed by atoms with Crippen LogP contribution in [0.2, 0.25) is 0 Å². The number of halogens is 1. The average molecular weight is 258 g/mol. The van der Waals surface area contributed by atoms with Crippen LogP contribution in [0.3, 0.4) is 0 Å². The Labute approximate surface area is 106 Å². The van der Waals surface area contributed by atoms with E-state index in [1.807, 2.05) is 30.3 Å². The topological polar surface area (TPSA) is 58.6 Å². The molecule has 0 aliphatic carbocycles. The highest BCUT2D eigenvalue weighted by Gasteiger charge is 2.44. The van der Waals surface area contributed by atoms with Crippen molar-refractivity contribution in [3.8, 4) is 0 Å². The SMILES string of the molecule is Cl.O=C(O)C1(COCc2ccccc2)CNC1. The molecular formula is C12H16ClNO3. The summed E-state index contributed by atoms with van der Waals surface area (Å²) in [6.45, 7) is 1.73. The molecule has 17 heavy (non-hydrogen) atoms. The molecule has 4 nitrogen and oxygen atoms in total. The van der Waals surface area contributed by atoms with Crippen molar-refractivity contribution >= 4 is 18.4 Å². The van der Waals surface area contributed by atoms with Crippen molar-refractivity contribution in [2.75, 3.05) is 19.7 Å². The van der Waals surface area contributed by atoms with E-state index in [2.05, 4.69) is 5.32 Å². The number of rotatable bonds is 5. The molecule has 1 aromatic rings. The van der Waals surface area contributed by atoms with Crippen LogP contribution in [0.5, 0.6) is 0 Å². The molecular weight excluding hydrogens is 242 g/mol. The molecule has 0 aromatic heterocycles. The predicted octanol–water partition coefficient (Wildman–Crippen LogP) is 1.30. The van der Waals surface area contributed by atoms with Crippen LogP contribution in [-0.4, -0.2) is 30.8 Å². The van der Waals surface area contributed by atoms with Crippen LogP contribution in [0.25, 0.3) is 0 Å². The molecule has 0 radical (unpaired) electrons. The van der Waals surface area contributed by atoms with E-state index < -0.39 is 11.4 Å². The van der Waals surface area contributed by atoms with Crippen LogP contribution in [0.15, 0.2) is 30.3 Å². The third-order valence-corrected chi connectivity index (χ3v) is 2.87. The molecule has 0 bridgehead atoms. The molecule has 1 aliphatic heterocycles. The van der Waals surface area contributed by atoms with E-state index in [9.17, 15) is 4.79 Å². The fourth-order valence-corrected chi connectivity index (χ4v) is 1.68. The maximum Gasteiger partial charge on any atom is 0.314 e. The van der Waals surface area contributed by atoms with E-state index >= 15 is 0 Å². The molecule has 1 fully saturated rings. The Hall–Kier alpha value is -1.10. The second-order valence-corrected chi connectivity index (χ2v) is 4.17. The molecule has 0 unspecified atom stereocenters. The number of aliphatic carboxylic acids is 1. The fraction of sp³-hybridized carbons (Fsp3) is 0.417. The standard InChI is InChI=1S/C12H15NO3.ClH/c14-11(15)12(7-13-8-12)9-16-6-10-4-2-1-3-5-10;/h1-5,13H,6-9H2,(H,14,15);1H. The van der Waals surface area contributed by atoms with E-state index in [4.69, 9.17) is 9.84 Å². The Morgan fingerprint density at radius 3 is 2.47 bits per heavy atom. The summed E-state index contributed by atoms with van der Waals surface area (Å²) in [6.07, 6.45) is 0. The van der Waals surface area contributed by atoms with Crippen molar-refractivity contribution in [1.29, 1.82) is 0 Å². The van der Waals surface area contributed by atoms with Gasteiger partial charge in [-0.15, -0.1) is 12.4 Å². The number of benzene rings is 1. The summed E-state index contributed by atoms with van der Waals surface area (Å²) in [6, 6.07) is 9.75. The van der Waals surface area contributed by atoms with Gasteiger partial charge < -0.3 is 15.2 Å². The second-order valence-electron chi connectivity index (χ2n) is 4.17. The first-order valence-electron chi connectivity index (χ1n) is 5.29. The van der Waals surface area contributed by atoms with Crippen molar-refractivity contribution in [1.82, 2.24) is 5.32 Å². The van der Waals surface area contributed by atoms with Gasteiger partial charge in [-0.25, -0.2) is 0 Å². The maximum atomic E-state index is 11.0. The molecule has 1 aromatic carbocycles. The van der Waals surface area contributed by atoms with Gasteiger partial charge in [0.1, 0.15) is 5.41 Å². The van der Waals surface area contributed by atoms with Gasteiger partial charge in [0.15, 0.2) is 0 Å². The van der Waals surface area contributed by atoms with Gasteiger partial charge in [0.2, 0.25) is 0 Å². The smallest absolute Gasteiger partial charge is 0.314 e. The molecule has 2 rings (SSSR count). The fourth-order valence-electron chi connectivity index (χ4n) is 1.68. The zero-order chi connectivity index (χ0) is 11.4. The summed E-state index contributed by atoms with van der Waals surface area (Å²) in [4.78, 5) is 11.0. The first kappa shape index (κ1) is 14.0. The molecule has 0 atom stereocenters. The van der Waals surface area contributed by atoms with E-state index in [-0.39, 0.29) is 19.0 Å². The number of ether oxygens (including phenoxy) is 1. The maximum absolute atomic E-state index is 11.0. The third kappa shape index (κ3) is 3.19. The van der Waals surface area contributed by atoms with Crippen molar-refractivity contribution in [3.05, 3.63) is 35.9 Å². The van der Waals surface area contributed by atoms with Crippen LogP contribution < -0.4 is 5.32 Å². The van der Waals surface area contributed by atoms with Crippen LogP contribution in [0.4, 0.5) is 0 Å². The first-order chi connectivity index (χ1) is 7.73. The van der Waals surface area contributed by atoms with E-state index in [0.717, 1.165) is 5.56 Å². The van der Waals surface area contributed by atoms with Gasteiger partial charge in [-0.05, 0) is 5.56 Å². The van der Waals surface area contributed by atoms with Crippen LogP contribution in [0.1, 0.15) is 5.56 Å². The lowest BCUT2D eigenvalue weighted by atomic mass is 9.83. The van der Waals surface area contributed by atoms with E-state index in [1.54, 1.807) is 0 Å². The van der Waals surface area contributed by atoms with Gasteiger partial charge in [-0.1, -0.05) is 30.3 Å². The first-order valence-corrected chi connectivity index (χ1v) is 5.29. The molecule has 0 spiro atoms. The number of hydrogen-bond donors (Lipinski definition) is 2. The number of carboxylic acids is 1. The Morgan fingerprint density at radius 1 is 1.35 bits per heavy atom. The van der Waals surface area contributed by atoms with Gasteiger partial charge >= 0.3 is 5.97 Å². The Kier molecular flexibility index (Phi) is 4.93. The molecule has 94 valence electrons. The van der Waals surface area contributed by atoms with Gasteiger partial charge in [0.25, 0.3) is 0 Å². The second kappa shape index (κ2) is 6.00. The summed E-state index contributed by atoms with van der Waals surface area (Å²) in [5.74, 6) is -0.778. The predicted molar refractivity (Wildman–Crippen MR) is 66.3 cm³/mol. The summed E-state index contributed by atoms with van der Waals surface area (Å²) in [7, 11) is 0. The molecule has 1 heterocycles. The van der Waals surface area contributed by atoms with Gasteiger partial charge in [0.05, 0.1) is 13.2 Å². The highest BCUT2D eigenvalue weighted by Crippen LogP contribution is 2.23. The third-order valence-electron chi connectivity index (χ3n) is 2.87. The lowest BCUT2D eigenvalue weighted by Crippen LogP contribution is -2.60. The monoisotopic (exact) mass is 257 g/mol. The quantitative estimate of drug-likeness (QED) is 0.835. The normalized spacial score (nSPS) is 16.7. The van der Waals surface area contributed by atoms with Gasteiger partial charge in [-0.3, -0.25) is 4.79 Å². The van der Waals surface area contributed by atoms with Crippen molar-refractivity contribution in [3.63, 3.8) is 0 Å². The van der Waals surface area contributed by atoms with Crippen molar-refractivity contribution < 1.29 is 14.6 Å². The van der Waals surface area contributed by atoms with E-state index in [1.165, 1.54) is 0 Å². The Balaban J connectivity index is 0.00000144. The van der Waals surface area contributed by atoms with Gasteiger partial charge in [0, 0.05) is 13.1 Å². The summed E-state index contributed by atoms with van der Waals surface area (Å²) >= 11 is 0. The average Bonchev–Trinajstić information content (AvgIpc) is 2.23. The van der Waals surface area contributed by atoms with Crippen LogP contribution in [-0.2, 0) is 16.1 Å². The van der Waals surface area contributed by atoms with Gasteiger partial charge in [-0.2, -0.15) is 0 Å². The zero-order valence-corrected chi connectivity index (χ0v) is 10.2. The molecule has 5 heteroatoms. The molecule has 0 amide bonds. The summed E-state index contributed by atoms with van der Waals surface area (Å²) < 4.78 is 5.47. The van der Waals surface area contributed by atoms with Crippen LogP contribution >= 0.6 is 12.4 Å². The minimum atomic E-state index is -0.778. The summed E-state index contributed by atoms with van der Waals surface area (Å²) in [5, 5.41) is 12.0. The minimum absolute atomic E-state index is 0. The van der Waals surface area contributed by atoms with Crippen molar-refractivity contribution in [2.45, 2.75) is 6.61 Å². The molecule has 1 aliphatic rings. The molecule has 0 saturated carbocycles. The lowest BCUT2D eigenvalue weighted by Gasteiger charge is -2.38.